The van der Waals surface area contributed by atoms with Crippen molar-refractivity contribution in [2.45, 2.75) is 0 Å². The lowest BCUT2D eigenvalue weighted by molar-refractivity contribution is 0.429. The Hall–Kier alpha value is -0.890. The van der Waals surface area contributed by atoms with Gasteiger partial charge in [0, 0.05) is 0 Å². The van der Waals surface area contributed by atoms with E-state index in [1.807, 2.05) is 0 Å². The Morgan fingerprint density at radius 2 is 2.17 bits per heavy atom. The van der Waals surface area contributed by atoms with Crippen molar-refractivity contribution in [3.05, 3.63) is 10.4 Å². The van der Waals surface area contributed by atoms with Gasteiger partial charge in [-0.1, -0.05) is 0 Å². The fraction of sp³-hybridized carbons (Fsp3) is 1.00. The zero-order valence-electron chi connectivity index (χ0n) is 3.79. The Kier molecular flexibility index (Phi) is 2.00. The molecule has 0 amide bonds. The van der Waals surface area contributed by atoms with E-state index in [1.54, 1.807) is 14.1 Å². The molecule has 0 bridgehead atoms. The Labute approximate surface area is 36.0 Å². The predicted octanol–water partition coefficient (Wildman–Crippen LogP) is 0.773. The average molecular weight is 86.1 g/mol. The lowest BCUT2D eigenvalue weighted by atomic mass is 11.2. The standard InChI is InChI=1S/C2H6N4/c1-6(2)5-4-3/h1-2H3. The summed E-state index contributed by atoms with van der Waals surface area (Å²) < 4.78 is 0. The van der Waals surface area contributed by atoms with Crippen molar-refractivity contribution in [1.29, 1.82) is 0 Å². The third-order valence-electron chi connectivity index (χ3n) is 0.219. The highest BCUT2D eigenvalue weighted by atomic mass is 15.5. The molecule has 6 heavy (non-hydrogen) atoms. The van der Waals surface area contributed by atoms with Crippen molar-refractivity contribution in [3.8, 4) is 0 Å². The van der Waals surface area contributed by atoms with E-state index in [0.29, 0.717) is 0 Å². The molecule has 0 aliphatic rings. The molecule has 0 radical (unpaired) electrons. The lowest BCUT2D eigenvalue weighted by Gasteiger charge is -1.91. The average Bonchev–Trinajstić information content (AvgIpc) is 1.35. The second-order valence-corrected chi connectivity index (χ2v) is 1.03. The fourth-order valence-electron chi connectivity index (χ4n) is 0.0800. The van der Waals surface area contributed by atoms with Crippen LogP contribution in [0.25, 0.3) is 10.4 Å². The first kappa shape index (κ1) is 5.11. The highest BCUT2D eigenvalue weighted by Crippen LogP contribution is 1.70. The van der Waals surface area contributed by atoms with Crippen molar-refractivity contribution in [2.24, 2.45) is 5.22 Å². The molecular weight excluding hydrogens is 80.0 g/mol. The van der Waals surface area contributed by atoms with E-state index in [2.05, 4.69) is 10.1 Å². The summed E-state index contributed by atoms with van der Waals surface area (Å²) in [5.74, 6) is 0. The van der Waals surface area contributed by atoms with Gasteiger partial charge in [0.25, 0.3) is 0 Å². The minimum Gasteiger partial charge on any atom is -0.253 e. The van der Waals surface area contributed by atoms with E-state index in [1.165, 1.54) is 5.01 Å². The Morgan fingerprint density at radius 3 is 2.17 bits per heavy atom. The molecular formula is C2H6N4. The van der Waals surface area contributed by atoms with Gasteiger partial charge in [0.1, 0.15) is 0 Å². The molecule has 0 atom stereocenters. The van der Waals surface area contributed by atoms with Crippen LogP contribution in [0, 0.1) is 0 Å². The molecule has 0 spiro atoms. The third kappa shape index (κ3) is 3.11. The molecule has 0 fully saturated rings. The van der Waals surface area contributed by atoms with E-state index in [-0.39, 0.29) is 0 Å². The Morgan fingerprint density at radius 1 is 1.67 bits per heavy atom. The number of rotatable bonds is 1. The van der Waals surface area contributed by atoms with Gasteiger partial charge in [0.15, 0.2) is 0 Å². The maximum atomic E-state index is 7.65. The first-order chi connectivity index (χ1) is 2.77. The second kappa shape index (κ2) is 2.35. The fourth-order valence-corrected chi connectivity index (χ4v) is 0.0800. The van der Waals surface area contributed by atoms with Crippen molar-refractivity contribution in [2.75, 3.05) is 14.1 Å². The van der Waals surface area contributed by atoms with Gasteiger partial charge in [-0.3, -0.25) is 5.01 Å². The first-order valence-electron chi connectivity index (χ1n) is 1.49. The smallest absolute Gasteiger partial charge is 0.0774 e. The maximum absolute atomic E-state index is 7.65. The first-order valence-corrected chi connectivity index (χ1v) is 1.49. The molecule has 0 saturated heterocycles. The molecule has 34 valence electrons. The van der Waals surface area contributed by atoms with E-state index < -0.39 is 0 Å². The van der Waals surface area contributed by atoms with Gasteiger partial charge < -0.3 is 0 Å². The summed E-state index contributed by atoms with van der Waals surface area (Å²) in [6.07, 6.45) is 0. The summed E-state index contributed by atoms with van der Waals surface area (Å²) in [6.45, 7) is 0. The van der Waals surface area contributed by atoms with Crippen molar-refractivity contribution >= 4 is 0 Å². The minimum atomic E-state index is 1.39. The molecule has 0 unspecified atom stereocenters. The summed E-state index contributed by atoms with van der Waals surface area (Å²) in [4.78, 5) is 2.49. The van der Waals surface area contributed by atoms with Crippen LogP contribution in [0.2, 0.25) is 0 Å². The van der Waals surface area contributed by atoms with Crippen LogP contribution in [0.4, 0.5) is 0 Å². The molecule has 0 N–H and O–H groups in total. The van der Waals surface area contributed by atoms with Crippen LogP contribution in [-0.4, -0.2) is 19.1 Å². The van der Waals surface area contributed by atoms with Crippen LogP contribution in [-0.2, 0) is 0 Å². The van der Waals surface area contributed by atoms with E-state index in [9.17, 15) is 0 Å². The molecule has 0 aromatic rings. The van der Waals surface area contributed by atoms with Gasteiger partial charge in [0.05, 0.1) is 14.1 Å². The molecule has 4 heteroatoms. The predicted molar refractivity (Wildman–Crippen MR) is 22.8 cm³/mol. The number of hydrogen-bond acceptors (Lipinski definition) is 1. The van der Waals surface area contributed by atoms with Crippen LogP contribution in [0.5, 0.6) is 0 Å². The van der Waals surface area contributed by atoms with Gasteiger partial charge in [-0.2, -0.15) is 4.91 Å². The zero-order chi connectivity index (χ0) is 4.99. The summed E-state index contributed by atoms with van der Waals surface area (Å²) in [6, 6.07) is 0. The zero-order valence-corrected chi connectivity index (χ0v) is 3.79. The van der Waals surface area contributed by atoms with Gasteiger partial charge in [-0.25, -0.2) is 0 Å². The van der Waals surface area contributed by atoms with E-state index in [4.69, 9.17) is 5.53 Å². The van der Waals surface area contributed by atoms with E-state index in [0.717, 1.165) is 0 Å². The largest absolute Gasteiger partial charge is 0.253 e. The molecule has 0 aliphatic heterocycles. The van der Waals surface area contributed by atoms with Crippen molar-refractivity contribution < 1.29 is 0 Å². The topological polar surface area (TPSA) is 52.0 Å². The third-order valence-corrected chi connectivity index (χ3v) is 0.219. The van der Waals surface area contributed by atoms with Crippen molar-refractivity contribution in [3.63, 3.8) is 0 Å². The molecule has 0 aromatic carbocycles. The minimum absolute atomic E-state index is 1.39. The van der Waals surface area contributed by atoms with Crippen LogP contribution in [0.1, 0.15) is 0 Å². The number of hydrogen-bond donors (Lipinski definition) is 0. The van der Waals surface area contributed by atoms with Crippen molar-refractivity contribution in [1.82, 2.24) is 5.01 Å². The number of azide groups is 1. The maximum Gasteiger partial charge on any atom is 0.0774 e. The van der Waals surface area contributed by atoms with Crippen LogP contribution in [0.3, 0.4) is 0 Å². The van der Waals surface area contributed by atoms with Gasteiger partial charge >= 0.3 is 0 Å². The highest BCUT2D eigenvalue weighted by molar-refractivity contribution is 4.33. The molecule has 0 saturated carbocycles. The molecule has 0 aromatic heterocycles. The van der Waals surface area contributed by atoms with Crippen LogP contribution in [0.15, 0.2) is 5.22 Å². The summed E-state index contributed by atoms with van der Waals surface area (Å²) in [5.41, 5.74) is 7.65. The van der Waals surface area contributed by atoms with E-state index >= 15 is 0 Å². The summed E-state index contributed by atoms with van der Waals surface area (Å²) in [5, 5.41) is 4.53. The normalized spacial score (nSPS) is 6.33. The SMILES string of the molecule is CN(C)N=[N+]=[N-]. The van der Waals surface area contributed by atoms with Gasteiger partial charge in [-0.05, 0) is 5.22 Å². The highest BCUT2D eigenvalue weighted by Gasteiger charge is 1.70. The van der Waals surface area contributed by atoms with Crippen LogP contribution >= 0.6 is 0 Å². The Balaban J connectivity index is 3.29. The summed E-state index contributed by atoms with van der Waals surface area (Å²) in [7, 11) is 3.33. The monoisotopic (exact) mass is 86.1 g/mol. The van der Waals surface area contributed by atoms with Gasteiger partial charge in [0.2, 0.25) is 0 Å². The quantitative estimate of drug-likeness (QED) is 0.201. The molecule has 0 aliphatic carbocycles. The molecule has 0 heterocycles. The summed E-state index contributed by atoms with van der Waals surface area (Å²) >= 11 is 0. The second-order valence-electron chi connectivity index (χ2n) is 1.03. The Bertz CT molecular complexity index is 69.6. The van der Waals surface area contributed by atoms with Gasteiger partial charge in [-0.15, -0.1) is 5.53 Å². The van der Waals surface area contributed by atoms with Crippen LogP contribution < -0.4 is 0 Å². The molecule has 4 nitrogen and oxygen atoms in total. The number of nitrogens with zero attached hydrogens (tertiary/aromatic N) is 4. The lowest BCUT2D eigenvalue weighted by Crippen LogP contribution is -1.97. The molecule has 0 rings (SSSR count).